The van der Waals surface area contributed by atoms with Crippen molar-refractivity contribution >= 4 is 5.65 Å². The minimum atomic E-state index is 0.837. The van der Waals surface area contributed by atoms with Crippen molar-refractivity contribution < 1.29 is 4.74 Å². The SMILES string of the molecule is COc1ccn2ccnc2c1. The Balaban J connectivity index is 2.67. The van der Waals surface area contributed by atoms with Crippen LogP contribution in [0, 0.1) is 0 Å². The average Bonchev–Trinajstić information content (AvgIpc) is 2.50. The van der Waals surface area contributed by atoms with E-state index in [0.29, 0.717) is 0 Å². The van der Waals surface area contributed by atoms with Gasteiger partial charge in [-0.3, -0.25) is 0 Å². The molecule has 0 aliphatic carbocycles. The third-order valence-corrected chi connectivity index (χ3v) is 1.61. The van der Waals surface area contributed by atoms with Crippen LogP contribution in [-0.4, -0.2) is 16.5 Å². The summed E-state index contributed by atoms with van der Waals surface area (Å²) in [6.07, 6.45) is 5.57. The first-order valence-corrected chi connectivity index (χ1v) is 3.37. The first-order chi connectivity index (χ1) is 5.40. The highest BCUT2D eigenvalue weighted by Crippen LogP contribution is 2.11. The number of fused-ring (bicyclic) bond motifs is 1. The monoisotopic (exact) mass is 148 g/mol. The van der Waals surface area contributed by atoms with Crippen LogP contribution in [0.2, 0.25) is 0 Å². The van der Waals surface area contributed by atoms with Crippen LogP contribution in [0.4, 0.5) is 0 Å². The van der Waals surface area contributed by atoms with Crippen LogP contribution in [0.1, 0.15) is 0 Å². The van der Waals surface area contributed by atoms with Gasteiger partial charge in [0.1, 0.15) is 11.4 Å². The first-order valence-electron chi connectivity index (χ1n) is 3.37. The van der Waals surface area contributed by atoms with Gasteiger partial charge >= 0.3 is 0 Å². The number of nitrogens with zero attached hydrogens (tertiary/aromatic N) is 2. The molecule has 0 bridgehead atoms. The number of aromatic nitrogens is 2. The number of ether oxygens (including phenoxy) is 1. The number of imidazole rings is 1. The number of rotatable bonds is 1. The average molecular weight is 148 g/mol. The molecule has 0 amide bonds. The highest BCUT2D eigenvalue weighted by molar-refractivity contribution is 5.43. The smallest absolute Gasteiger partial charge is 0.140 e. The topological polar surface area (TPSA) is 26.5 Å². The Hall–Kier alpha value is -1.51. The van der Waals surface area contributed by atoms with E-state index in [4.69, 9.17) is 4.74 Å². The fourth-order valence-electron chi connectivity index (χ4n) is 1.02. The number of pyridine rings is 1. The Morgan fingerprint density at radius 2 is 2.36 bits per heavy atom. The highest BCUT2D eigenvalue weighted by atomic mass is 16.5. The molecule has 2 aromatic rings. The van der Waals surface area contributed by atoms with Crippen molar-refractivity contribution in [1.82, 2.24) is 9.38 Å². The van der Waals surface area contributed by atoms with E-state index in [-0.39, 0.29) is 0 Å². The molecule has 0 aliphatic rings. The van der Waals surface area contributed by atoms with Gasteiger partial charge in [-0.25, -0.2) is 4.98 Å². The van der Waals surface area contributed by atoms with Gasteiger partial charge in [0.15, 0.2) is 0 Å². The summed E-state index contributed by atoms with van der Waals surface area (Å²) in [5.41, 5.74) is 0.907. The van der Waals surface area contributed by atoms with Gasteiger partial charge in [-0.05, 0) is 6.07 Å². The number of hydrogen-bond donors (Lipinski definition) is 0. The molecule has 2 heterocycles. The van der Waals surface area contributed by atoms with Gasteiger partial charge in [-0.15, -0.1) is 0 Å². The highest BCUT2D eigenvalue weighted by Gasteiger charge is 1.94. The van der Waals surface area contributed by atoms with Crippen molar-refractivity contribution in [3.05, 3.63) is 30.7 Å². The minimum absolute atomic E-state index is 0.837. The van der Waals surface area contributed by atoms with Gasteiger partial charge in [-0.2, -0.15) is 0 Å². The largest absolute Gasteiger partial charge is 0.497 e. The Morgan fingerprint density at radius 3 is 3.18 bits per heavy atom. The van der Waals surface area contributed by atoms with Gasteiger partial charge in [-0.1, -0.05) is 0 Å². The molecule has 0 spiro atoms. The quantitative estimate of drug-likeness (QED) is 0.610. The second-order valence-corrected chi connectivity index (χ2v) is 2.26. The van der Waals surface area contributed by atoms with Crippen LogP contribution in [0.3, 0.4) is 0 Å². The summed E-state index contributed by atoms with van der Waals surface area (Å²) in [6.45, 7) is 0. The lowest BCUT2D eigenvalue weighted by Gasteiger charge is -1.98. The molecule has 11 heavy (non-hydrogen) atoms. The van der Waals surface area contributed by atoms with Crippen molar-refractivity contribution in [1.29, 1.82) is 0 Å². The summed E-state index contributed by atoms with van der Waals surface area (Å²) in [6, 6.07) is 3.79. The Kier molecular flexibility index (Phi) is 1.28. The molecular formula is C8H8N2O. The molecule has 2 aromatic heterocycles. The molecule has 0 aromatic carbocycles. The molecule has 3 heteroatoms. The Morgan fingerprint density at radius 1 is 1.45 bits per heavy atom. The molecule has 3 nitrogen and oxygen atoms in total. The number of methoxy groups -OCH3 is 1. The first kappa shape index (κ1) is 6.22. The van der Waals surface area contributed by atoms with E-state index in [1.54, 1.807) is 13.3 Å². The molecule has 0 aliphatic heterocycles. The molecule has 0 saturated carbocycles. The van der Waals surface area contributed by atoms with E-state index in [1.165, 1.54) is 0 Å². The van der Waals surface area contributed by atoms with Crippen LogP contribution >= 0.6 is 0 Å². The van der Waals surface area contributed by atoms with Gasteiger partial charge in [0.25, 0.3) is 0 Å². The maximum atomic E-state index is 5.04. The lowest BCUT2D eigenvalue weighted by atomic mass is 10.4. The van der Waals surface area contributed by atoms with Crippen molar-refractivity contribution in [3.8, 4) is 5.75 Å². The zero-order valence-electron chi connectivity index (χ0n) is 6.19. The van der Waals surface area contributed by atoms with Crippen molar-refractivity contribution in [2.24, 2.45) is 0 Å². The predicted octanol–water partition coefficient (Wildman–Crippen LogP) is 1.34. The normalized spacial score (nSPS) is 10.3. The summed E-state index contributed by atoms with van der Waals surface area (Å²) in [4.78, 5) is 4.11. The molecule has 0 radical (unpaired) electrons. The fraction of sp³-hybridized carbons (Fsp3) is 0.125. The Labute approximate surface area is 64.2 Å². The van der Waals surface area contributed by atoms with Crippen LogP contribution in [0.25, 0.3) is 5.65 Å². The summed E-state index contributed by atoms with van der Waals surface area (Å²) >= 11 is 0. The molecule has 0 N–H and O–H groups in total. The Bertz CT molecular complexity index is 367. The molecule has 0 atom stereocenters. The molecule has 0 fully saturated rings. The maximum absolute atomic E-state index is 5.04. The van der Waals surface area contributed by atoms with Crippen LogP contribution < -0.4 is 4.74 Å². The molecule has 0 unspecified atom stereocenters. The lowest BCUT2D eigenvalue weighted by molar-refractivity contribution is 0.414. The third-order valence-electron chi connectivity index (χ3n) is 1.61. The second kappa shape index (κ2) is 2.27. The van der Waals surface area contributed by atoms with Gasteiger partial charge in [0.05, 0.1) is 7.11 Å². The summed E-state index contributed by atoms with van der Waals surface area (Å²) < 4.78 is 6.97. The van der Waals surface area contributed by atoms with Crippen molar-refractivity contribution in [3.63, 3.8) is 0 Å². The van der Waals surface area contributed by atoms with Gasteiger partial charge in [0, 0.05) is 24.7 Å². The zero-order valence-corrected chi connectivity index (χ0v) is 6.19. The lowest BCUT2D eigenvalue weighted by Crippen LogP contribution is -1.85. The predicted molar refractivity (Wildman–Crippen MR) is 41.7 cm³/mol. The molecule has 0 saturated heterocycles. The van der Waals surface area contributed by atoms with Crippen molar-refractivity contribution in [2.45, 2.75) is 0 Å². The van der Waals surface area contributed by atoms with Crippen LogP contribution in [-0.2, 0) is 0 Å². The van der Waals surface area contributed by atoms with Gasteiger partial charge in [0.2, 0.25) is 0 Å². The summed E-state index contributed by atoms with van der Waals surface area (Å²) in [7, 11) is 1.65. The zero-order chi connectivity index (χ0) is 7.68. The van der Waals surface area contributed by atoms with Gasteiger partial charge < -0.3 is 9.14 Å². The van der Waals surface area contributed by atoms with Crippen LogP contribution in [0.5, 0.6) is 5.75 Å². The van der Waals surface area contributed by atoms with E-state index in [1.807, 2.05) is 28.9 Å². The third kappa shape index (κ3) is 0.941. The molecular weight excluding hydrogens is 140 g/mol. The fourth-order valence-corrected chi connectivity index (χ4v) is 1.02. The summed E-state index contributed by atoms with van der Waals surface area (Å²) in [5.74, 6) is 0.837. The van der Waals surface area contributed by atoms with E-state index in [0.717, 1.165) is 11.4 Å². The van der Waals surface area contributed by atoms with E-state index < -0.39 is 0 Å². The van der Waals surface area contributed by atoms with Crippen molar-refractivity contribution in [2.75, 3.05) is 7.11 Å². The van der Waals surface area contributed by atoms with E-state index in [9.17, 15) is 0 Å². The number of hydrogen-bond acceptors (Lipinski definition) is 2. The van der Waals surface area contributed by atoms with Crippen LogP contribution in [0.15, 0.2) is 30.7 Å². The maximum Gasteiger partial charge on any atom is 0.140 e. The standard InChI is InChI=1S/C8H8N2O/c1-11-7-2-4-10-5-3-9-8(10)6-7/h2-6H,1H3. The second-order valence-electron chi connectivity index (χ2n) is 2.26. The minimum Gasteiger partial charge on any atom is -0.497 e. The summed E-state index contributed by atoms with van der Waals surface area (Å²) in [5, 5.41) is 0. The molecule has 56 valence electrons. The van der Waals surface area contributed by atoms with E-state index in [2.05, 4.69) is 4.98 Å². The molecule has 2 rings (SSSR count). The van der Waals surface area contributed by atoms with E-state index >= 15 is 0 Å².